The first-order valence-electron chi connectivity index (χ1n) is 15.9. The molecule has 4 heterocycles. The number of benzene rings is 3. The van der Waals surface area contributed by atoms with Crippen LogP contribution in [0.2, 0.25) is 0 Å². The van der Waals surface area contributed by atoms with Gasteiger partial charge in [0, 0.05) is 60.8 Å². The minimum atomic E-state index is -0.107. The molecular weight excluding hydrogens is 602 g/mol. The number of likely N-dealkylation sites (N-methyl/N-ethyl adjacent to an activating group) is 1. The monoisotopic (exact) mass is 639 g/mol. The maximum Gasteiger partial charge on any atom is 0.321 e. The van der Waals surface area contributed by atoms with Crippen LogP contribution in [0.1, 0.15) is 12.5 Å². The molecule has 6 aromatic rings. The Bertz CT molecular complexity index is 2080. The van der Waals surface area contributed by atoms with E-state index in [9.17, 15) is 4.79 Å². The van der Waals surface area contributed by atoms with Crippen molar-refractivity contribution in [2.75, 3.05) is 43.0 Å². The summed E-state index contributed by atoms with van der Waals surface area (Å²) in [6, 6.07) is 27.3. The van der Waals surface area contributed by atoms with Crippen LogP contribution in [-0.4, -0.2) is 84.1 Å². The smallest absolute Gasteiger partial charge is 0.321 e. The van der Waals surface area contributed by atoms with Crippen molar-refractivity contribution in [2.45, 2.75) is 25.9 Å². The zero-order chi connectivity index (χ0) is 33.2. The van der Waals surface area contributed by atoms with Gasteiger partial charge in [0.25, 0.3) is 0 Å². The van der Waals surface area contributed by atoms with Gasteiger partial charge in [0.15, 0.2) is 0 Å². The lowest BCUT2D eigenvalue weighted by Gasteiger charge is -2.42. The zero-order valence-electron chi connectivity index (χ0n) is 27.1. The molecular formula is C36H37N11O. The van der Waals surface area contributed by atoms with Crippen LogP contribution in [-0.2, 0) is 0 Å². The number of anilines is 3. The number of aryl methyl sites for hydroxylation is 1. The number of hydrogen-bond acceptors (Lipinski definition) is 9. The van der Waals surface area contributed by atoms with Gasteiger partial charge >= 0.3 is 6.03 Å². The highest BCUT2D eigenvalue weighted by molar-refractivity contribution is 5.89. The molecule has 2 atom stereocenters. The lowest BCUT2D eigenvalue weighted by Crippen LogP contribution is -2.59. The van der Waals surface area contributed by atoms with Crippen molar-refractivity contribution in [3.8, 4) is 28.3 Å². The fourth-order valence-electron chi connectivity index (χ4n) is 6.16. The van der Waals surface area contributed by atoms with Crippen LogP contribution in [0.5, 0.6) is 0 Å². The molecule has 3 aromatic heterocycles. The van der Waals surface area contributed by atoms with Crippen LogP contribution in [0.4, 0.5) is 22.4 Å². The number of carbonyl (C=O) groups excluding carboxylic acids is 1. The lowest BCUT2D eigenvalue weighted by molar-refractivity contribution is 0.108. The Morgan fingerprint density at radius 2 is 1.73 bits per heavy atom. The Kier molecular flexibility index (Phi) is 8.38. The van der Waals surface area contributed by atoms with E-state index in [2.05, 4.69) is 58.5 Å². The lowest BCUT2D eigenvalue weighted by atomic mass is 10.1. The van der Waals surface area contributed by atoms with Crippen molar-refractivity contribution in [1.29, 1.82) is 0 Å². The summed E-state index contributed by atoms with van der Waals surface area (Å²) in [5.41, 5.74) is 12.8. The number of nitrogens with two attached hydrogens (primary N) is 1. The molecule has 3 aromatic carbocycles. The predicted molar refractivity (Wildman–Crippen MR) is 189 cm³/mol. The van der Waals surface area contributed by atoms with E-state index in [1.807, 2.05) is 82.3 Å². The molecule has 242 valence electrons. The molecule has 4 N–H and O–H groups in total. The second-order valence-corrected chi connectivity index (χ2v) is 12.1. The molecule has 1 aliphatic heterocycles. The first-order valence-corrected chi connectivity index (χ1v) is 15.9. The second-order valence-electron chi connectivity index (χ2n) is 12.1. The van der Waals surface area contributed by atoms with Crippen molar-refractivity contribution in [1.82, 2.24) is 39.3 Å². The van der Waals surface area contributed by atoms with Crippen molar-refractivity contribution < 1.29 is 4.79 Å². The molecule has 0 aliphatic carbocycles. The van der Waals surface area contributed by atoms with Crippen molar-refractivity contribution in [3.05, 3.63) is 103 Å². The summed E-state index contributed by atoms with van der Waals surface area (Å²) in [7, 11) is 2.09. The van der Waals surface area contributed by atoms with Crippen LogP contribution in [0, 0.1) is 6.92 Å². The topological polar surface area (TPSA) is 143 Å². The first-order chi connectivity index (χ1) is 23.3. The van der Waals surface area contributed by atoms with Gasteiger partial charge in [-0.3, -0.25) is 9.47 Å². The molecule has 12 heteroatoms. The fourth-order valence-corrected chi connectivity index (χ4v) is 6.16. The molecule has 2 unspecified atom stereocenters. The van der Waals surface area contributed by atoms with Crippen LogP contribution in [0.3, 0.4) is 0 Å². The van der Waals surface area contributed by atoms with Gasteiger partial charge in [-0.1, -0.05) is 48.5 Å². The van der Waals surface area contributed by atoms with Gasteiger partial charge in [-0.15, -0.1) is 0 Å². The molecule has 0 bridgehead atoms. The average molecular weight is 640 g/mol. The van der Waals surface area contributed by atoms with E-state index < -0.39 is 0 Å². The van der Waals surface area contributed by atoms with Crippen LogP contribution < -0.4 is 16.4 Å². The number of piperazine rings is 1. The molecule has 1 saturated heterocycles. The number of imidazole rings is 1. The Morgan fingerprint density at radius 1 is 0.917 bits per heavy atom. The Morgan fingerprint density at radius 3 is 2.54 bits per heavy atom. The Hall–Kier alpha value is -5.88. The van der Waals surface area contributed by atoms with Crippen molar-refractivity contribution >= 4 is 34.6 Å². The van der Waals surface area contributed by atoms with Gasteiger partial charge in [-0.05, 0) is 56.8 Å². The maximum absolute atomic E-state index is 13.2. The molecule has 48 heavy (non-hydrogen) atoms. The number of rotatable bonds is 7. The third kappa shape index (κ3) is 6.38. The number of para-hydroxylation sites is 1. The highest BCUT2D eigenvalue weighted by Gasteiger charge is 2.31. The number of nitrogen functional groups attached to an aromatic ring is 1. The van der Waals surface area contributed by atoms with Gasteiger partial charge in [-0.25, -0.2) is 24.7 Å². The third-order valence-electron chi connectivity index (χ3n) is 8.84. The van der Waals surface area contributed by atoms with E-state index in [4.69, 9.17) is 20.7 Å². The third-order valence-corrected chi connectivity index (χ3v) is 8.84. The van der Waals surface area contributed by atoms with Gasteiger partial charge < -0.3 is 21.3 Å². The Balaban J connectivity index is 1.19. The van der Waals surface area contributed by atoms with Crippen molar-refractivity contribution in [3.63, 3.8) is 0 Å². The minimum absolute atomic E-state index is 0.0257. The van der Waals surface area contributed by atoms with Gasteiger partial charge in [-0.2, -0.15) is 4.98 Å². The van der Waals surface area contributed by atoms with E-state index in [-0.39, 0.29) is 24.1 Å². The van der Waals surface area contributed by atoms with Crippen LogP contribution in [0.25, 0.3) is 39.4 Å². The fraction of sp³-hybridized carbons (Fsp3) is 0.222. The maximum atomic E-state index is 13.2. The number of urea groups is 1. The summed E-state index contributed by atoms with van der Waals surface area (Å²) in [5.74, 6) is 1.40. The SMILES string of the molecule is Cc1ccccc1-c1cc(-n2cnc3cc(-c4ccnc(N)n4)ccc32)nc(NC(C)C2CN(C(=O)Nc3ccccc3)CCN2C)n1. The summed E-state index contributed by atoms with van der Waals surface area (Å²) >= 11 is 0. The molecule has 1 fully saturated rings. The number of nitrogens with zero attached hydrogens (tertiary/aromatic N) is 8. The van der Waals surface area contributed by atoms with E-state index >= 15 is 0 Å². The highest BCUT2D eigenvalue weighted by Crippen LogP contribution is 2.28. The summed E-state index contributed by atoms with van der Waals surface area (Å²) in [6.07, 6.45) is 3.42. The zero-order valence-corrected chi connectivity index (χ0v) is 27.1. The highest BCUT2D eigenvalue weighted by atomic mass is 16.2. The second kappa shape index (κ2) is 13.1. The molecule has 1 aliphatic rings. The number of hydrogen-bond donors (Lipinski definition) is 3. The number of nitrogens with one attached hydrogen (secondary N) is 2. The minimum Gasteiger partial charge on any atom is -0.368 e. The van der Waals surface area contributed by atoms with Crippen LogP contribution >= 0.6 is 0 Å². The molecule has 12 nitrogen and oxygen atoms in total. The number of fused-ring (bicyclic) bond motifs is 1. The summed E-state index contributed by atoms with van der Waals surface area (Å²) in [6.45, 7) is 6.13. The molecule has 2 amide bonds. The van der Waals surface area contributed by atoms with E-state index in [1.54, 1.807) is 12.5 Å². The molecule has 0 spiro atoms. The van der Waals surface area contributed by atoms with Gasteiger partial charge in [0.05, 0.1) is 22.4 Å². The normalized spacial score (nSPS) is 15.7. The number of aromatic nitrogens is 6. The molecule has 0 radical (unpaired) electrons. The van der Waals surface area contributed by atoms with Gasteiger partial charge in [0.1, 0.15) is 12.1 Å². The predicted octanol–water partition coefficient (Wildman–Crippen LogP) is 5.48. The standard InChI is InChI=1S/C36H37N11O/c1-23-9-7-8-12-27(23)29-20-33(47-22-39-30-19-25(13-14-31(30)47)28-15-16-38-34(37)42-28)44-35(43-29)40-24(2)32-21-46(18-17-45(32)3)36(48)41-26-10-5-4-6-11-26/h4-16,19-20,22,24,32H,17-18,21H2,1-3H3,(H,41,48)(H2,37,38,42)(H,40,43,44). The number of carbonyl (C=O) groups is 1. The number of amides is 2. The van der Waals surface area contributed by atoms with Gasteiger partial charge in [0.2, 0.25) is 11.9 Å². The van der Waals surface area contributed by atoms with Crippen LogP contribution in [0.15, 0.2) is 97.5 Å². The summed E-state index contributed by atoms with van der Waals surface area (Å²) in [4.78, 5) is 40.4. The van der Waals surface area contributed by atoms with E-state index in [1.165, 1.54) is 0 Å². The van der Waals surface area contributed by atoms with E-state index in [0.29, 0.717) is 24.9 Å². The summed E-state index contributed by atoms with van der Waals surface area (Å²) in [5, 5.41) is 6.61. The molecule has 7 rings (SSSR count). The van der Waals surface area contributed by atoms with Crippen molar-refractivity contribution in [2.24, 2.45) is 0 Å². The Labute approximate surface area is 278 Å². The molecule has 0 saturated carbocycles. The first kappa shape index (κ1) is 30.8. The quantitative estimate of drug-likeness (QED) is 0.207. The average Bonchev–Trinajstić information content (AvgIpc) is 3.52. The van der Waals surface area contributed by atoms with E-state index in [0.717, 1.165) is 51.3 Å². The largest absolute Gasteiger partial charge is 0.368 e. The summed E-state index contributed by atoms with van der Waals surface area (Å²) < 4.78 is 1.97.